The Labute approximate surface area is 93.0 Å². The zero-order valence-corrected chi connectivity index (χ0v) is 9.30. The van der Waals surface area contributed by atoms with Gasteiger partial charge in [0, 0.05) is 11.9 Å². The molecule has 0 unspecified atom stereocenters. The second kappa shape index (κ2) is 3.85. The highest BCUT2D eigenvalue weighted by Gasteiger charge is 2.38. The van der Waals surface area contributed by atoms with E-state index in [1.165, 1.54) is 0 Å². The van der Waals surface area contributed by atoms with Gasteiger partial charge in [-0.15, -0.1) is 11.6 Å². The number of nitrogens with zero attached hydrogens (tertiary/aromatic N) is 1. The Balaban J connectivity index is 2.03. The zero-order valence-electron chi connectivity index (χ0n) is 8.55. The first-order valence-electron chi connectivity index (χ1n) is 4.97. The minimum atomic E-state index is -0.226. The van der Waals surface area contributed by atoms with Crippen LogP contribution in [-0.2, 0) is 0 Å². The molecular weight excluding hydrogens is 216 g/mol. The van der Waals surface area contributed by atoms with Gasteiger partial charge in [0.05, 0.1) is 11.2 Å². The van der Waals surface area contributed by atoms with Gasteiger partial charge in [-0.25, -0.2) is 0 Å². The normalized spacial score (nSPS) is 18.3. The lowest BCUT2D eigenvalue weighted by atomic mass is 9.78. The molecule has 0 spiro atoms. The smallest absolute Gasteiger partial charge is 0.290 e. The molecule has 1 aromatic rings. The van der Waals surface area contributed by atoms with Gasteiger partial charge in [-0.2, -0.15) is 0 Å². The molecule has 4 nitrogen and oxygen atoms in total. The summed E-state index contributed by atoms with van der Waals surface area (Å²) >= 11 is 5.84. The van der Waals surface area contributed by atoms with Crippen molar-refractivity contribution < 1.29 is 9.32 Å². The van der Waals surface area contributed by atoms with Gasteiger partial charge in [-0.1, -0.05) is 5.16 Å². The van der Waals surface area contributed by atoms with Crippen LogP contribution in [0.2, 0.25) is 0 Å². The Morgan fingerprint density at radius 3 is 2.87 bits per heavy atom. The largest absolute Gasteiger partial charge is 0.351 e. The first-order valence-corrected chi connectivity index (χ1v) is 5.50. The molecule has 0 bridgehead atoms. The maximum atomic E-state index is 11.7. The predicted molar refractivity (Wildman–Crippen MR) is 56.0 cm³/mol. The van der Waals surface area contributed by atoms with E-state index < -0.39 is 0 Å². The number of rotatable bonds is 3. The SMILES string of the molecule is Cc1cc(C(=O)NC2(CCl)CCC2)on1. The standard InChI is InChI=1S/C10H13ClN2O2/c1-7-5-8(15-13-7)9(14)12-10(6-11)3-2-4-10/h5H,2-4,6H2,1H3,(H,12,14). The van der Waals surface area contributed by atoms with Gasteiger partial charge in [-0.3, -0.25) is 4.79 Å². The summed E-state index contributed by atoms with van der Waals surface area (Å²) in [6.07, 6.45) is 2.99. The van der Waals surface area contributed by atoms with Crippen molar-refractivity contribution in [3.8, 4) is 0 Å². The Morgan fingerprint density at radius 2 is 2.47 bits per heavy atom. The van der Waals surface area contributed by atoms with E-state index in [2.05, 4.69) is 10.5 Å². The highest BCUT2D eigenvalue weighted by atomic mass is 35.5. The second-order valence-electron chi connectivity index (χ2n) is 4.05. The number of hydrogen-bond donors (Lipinski definition) is 1. The van der Waals surface area contributed by atoms with E-state index in [-0.39, 0.29) is 17.2 Å². The third kappa shape index (κ3) is 2.00. The van der Waals surface area contributed by atoms with Crippen LogP contribution >= 0.6 is 11.6 Å². The summed E-state index contributed by atoms with van der Waals surface area (Å²) in [5.74, 6) is 0.478. The van der Waals surface area contributed by atoms with Gasteiger partial charge in [0.2, 0.25) is 5.76 Å². The molecule has 1 aromatic heterocycles. The summed E-state index contributed by atoms with van der Waals surface area (Å²) in [4.78, 5) is 11.7. The van der Waals surface area contributed by atoms with Crippen molar-refractivity contribution in [1.82, 2.24) is 10.5 Å². The van der Waals surface area contributed by atoms with Crippen LogP contribution in [0.25, 0.3) is 0 Å². The van der Waals surface area contributed by atoms with Crippen LogP contribution in [0.5, 0.6) is 0 Å². The highest BCUT2D eigenvalue weighted by Crippen LogP contribution is 2.33. The van der Waals surface area contributed by atoms with E-state index in [0.717, 1.165) is 19.3 Å². The summed E-state index contributed by atoms with van der Waals surface area (Å²) in [6, 6.07) is 1.62. The lowest BCUT2D eigenvalue weighted by Gasteiger charge is -2.40. The van der Waals surface area contributed by atoms with E-state index in [1.54, 1.807) is 13.0 Å². The molecule has 1 amide bonds. The summed E-state index contributed by atoms with van der Waals surface area (Å²) in [7, 11) is 0. The Bertz CT molecular complexity index is 366. The van der Waals surface area contributed by atoms with E-state index >= 15 is 0 Å². The van der Waals surface area contributed by atoms with Gasteiger partial charge in [-0.05, 0) is 26.2 Å². The molecule has 82 valence electrons. The minimum absolute atomic E-state index is 0.223. The average molecular weight is 229 g/mol. The number of hydrogen-bond acceptors (Lipinski definition) is 3. The fourth-order valence-electron chi connectivity index (χ4n) is 1.67. The van der Waals surface area contributed by atoms with Crippen LogP contribution in [0, 0.1) is 6.92 Å². The summed E-state index contributed by atoms with van der Waals surface area (Å²) in [6.45, 7) is 1.78. The van der Waals surface area contributed by atoms with Crippen LogP contribution in [-0.4, -0.2) is 22.5 Å². The van der Waals surface area contributed by atoms with E-state index in [4.69, 9.17) is 16.1 Å². The van der Waals surface area contributed by atoms with Crippen molar-refractivity contribution >= 4 is 17.5 Å². The number of alkyl halides is 1. The fraction of sp³-hybridized carbons (Fsp3) is 0.600. The molecule has 15 heavy (non-hydrogen) atoms. The molecule has 1 N–H and O–H groups in total. The number of aromatic nitrogens is 1. The summed E-state index contributed by atoms with van der Waals surface area (Å²) in [5.41, 5.74) is 0.480. The molecule has 0 saturated heterocycles. The minimum Gasteiger partial charge on any atom is -0.351 e. The average Bonchev–Trinajstić information content (AvgIpc) is 2.58. The lowest BCUT2D eigenvalue weighted by molar-refractivity contribution is 0.0816. The van der Waals surface area contributed by atoms with E-state index in [0.29, 0.717) is 11.6 Å². The molecule has 1 aliphatic rings. The van der Waals surface area contributed by atoms with Crippen LogP contribution in [0.15, 0.2) is 10.6 Å². The summed E-state index contributed by atoms with van der Waals surface area (Å²) in [5, 5.41) is 6.57. The van der Waals surface area contributed by atoms with Crippen molar-refractivity contribution in [1.29, 1.82) is 0 Å². The topological polar surface area (TPSA) is 55.1 Å². The van der Waals surface area contributed by atoms with Gasteiger partial charge in [0.25, 0.3) is 5.91 Å². The molecule has 0 atom stereocenters. The molecule has 5 heteroatoms. The predicted octanol–water partition coefficient (Wildman–Crippen LogP) is 1.87. The molecule has 0 radical (unpaired) electrons. The second-order valence-corrected chi connectivity index (χ2v) is 4.32. The number of carbonyl (C=O) groups is 1. The number of carbonyl (C=O) groups excluding carboxylic acids is 1. The van der Waals surface area contributed by atoms with Crippen molar-refractivity contribution in [2.45, 2.75) is 31.7 Å². The lowest BCUT2D eigenvalue weighted by Crippen LogP contribution is -2.54. The van der Waals surface area contributed by atoms with Crippen LogP contribution in [0.4, 0.5) is 0 Å². The molecule has 1 heterocycles. The Kier molecular flexibility index (Phi) is 2.69. The molecule has 0 aromatic carbocycles. The van der Waals surface area contributed by atoms with Crippen molar-refractivity contribution in [3.05, 3.63) is 17.5 Å². The van der Waals surface area contributed by atoms with Gasteiger partial charge < -0.3 is 9.84 Å². The van der Waals surface area contributed by atoms with Gasteiger partial charge >= 0.3 is 0 Å². The van der Waals surface area contributed by atoms with Crippen LogP contribution in [0.1, 0.15) is 35.5 Å². The van der Waals surface area contributed by atoms with Gasteiger partial charge in [0.15, 0.2) is 0 Å². The third-order valence-corrected chi connectivity index (χ3v) is 3.31. The maximum absolute atomic E-state index is 11.7. The van der Waals surface area contributed by atoms with Crippen molar-refractivity contribution in [2.75, 3.05) is 5.88 Å². The Hall–Kier alpha value is -1.03. The quantitative estimate of drug-likeness (QED) is 0.804. The number of nitrogens with one attached hydrogen (secondary N) is 1. The van der Waals surface area contributed by atoms with E-state index in [9.17, 15) is 4.79 Å². The van der Waals surface area contributed by atoms with Crippen LogP contribution in [0.3, 0.4) is 0 Å². The molecule has 2 rings (SSSR count). The molecule has 1 aliphatic carbocycles. The van der Waals surface area contributed by atoms with Crippen LogP contribution < -0.4 is 5.32 Å². The van der Waals surface area contributed by atoms with Crippen molar-refractivity contribution in [2.24, 2.45) is 0 Å². The highest BCUT2D eigenvalue weighted by molar-refractivity contribution is 6.19. The molecular formula is C10H13ClN2O2. The number of aryl methyl sites for hydroxylation is 1. The third-order valence-electron chi connectivity index (χ3n) is 2.80. The van der Waals surface area contributed by atoms with Crippen molar-refractivity contribution in [3.63, 3.8) is 0 Å². The maximum Gasteiger partial charge on any atom is 0.290 e. The monoisotopic (exact) mass is 228 g/mol. The fourth-order valence-corrected chi connectivity index (χ4v) is 2.00. The zero-order chi connectivity index (χ0) is 10.9. The summed E-state index contributed by atoms with van der Waals surface area (Å²) < 4.78 is 4.88. The molecule has 1 fully saturated rings. The molecule has 0 aliphatic heterocycles. The van der Waals surface area contributed by atoms with Gasteiger partial charge in [0.1, 0.15) is 0 Å². The van der Waals surface area contributed by atoms with E-state index in [1.807, 2.05) is 0 Å². The number of amides is 1. The first kappa shape index (κ1) is 10.5. The molecule has 1 saturated carbocycles. The first-order chi connectivity index (χ1) is 7.15. The Morgan fingerprint density at radius 1 is 1.73 bits per heavy atom. The number of halogens is 1.